The van der Waals surface area contributed by atoms with Crippen molar-refractivity contribution in [2.45, 2.75) is 45.7 Å². The van der Waals surface area contributed by atoms with E-state index in [1.165, 1.54) is 6.42 Å². The van der Waals surface area contributed by atoms with Gasteiger partial charge in [-0.05, 0) is 30.6 Å². The molecule has 2 aliphatic carbocycles. The summed E-state index contributed by atoms with van der Waals surface area (Å²) in [5.74, 6) is 1.03. The van der Waals surface area contributed by atoms with Crippen LogP contribution < -0.4 is 0 Å². The molecule has 0 N–H and O–H groups in total. The number of hydrogen-bond donors (Lipinski definition) is 0. The molecule has 3 fully saturated rings. The van der Waals surface area contributed by atoms with Crippen LogP contribution in [-0.2, 0) is 16.6 Å². The highest BCUT2D eigenvalue weighted by Crippen LogP contribution is 2.70. The average Bonchev–Trinajstić information content (AvgIpc) is 3.04. The van der Waals surface area contributed by atoms with E-state index in [4.69, 9.17) is 0 Å². The Morgan fingerprint density at radius 2 is 2.30 bits per heavy atom. The first-order chi connectivity index (χ1) is 9.37. The number of sulfonamides is 1. The van der Waals surface area contributed by atoms with Crippen molar-refractivity contribution >= 4 is 21.4 Å². The van der Waals surface area contributed by atoms with Crippen molar-refractivity contribution < 1.29 is 8.42 Å². The minimum Gasteiger partial charge on any atom is -0.248 e. The summed E-state index contributed by atoms with van der Waals surface area (Å²) in [6, 6.07) is 0.199. The maximum atomic E-state index is 12.7. The van der Waals surface area contributed by atoms with Crippen LogP contribution in [-0.4, -0.2) is 29.5 Å². The first kappa shape index (κ1) is 13.2. The first-order valence-corrected chi connectivity index (χ1v) is 9.74. The molecule has 1 spiro atoms. The largest absolute Gasteiger partial charge is 0.248 e. The zero-order valence-corrected chi connectivity index (χ0v) is 13.5. The molecular formula is C14H20N2O2S2. The van der Waals surface area contributed by atoms with Gasteiger partial charge in [-0.15, -0.1) is 11.3 Å². The molecule has 6 heteroatoms. The van der Waals surface area contributed by atoms with E-state index in [1.807, 2.05) is 5.38 Å². The SMILES string of the molecule is CC1(C)[C@@H]2CC[C@@]13CS(=O)(=O)N(Cc1nccs1)[C@H]3C2. The lowest BCUT2D eigenvalue weighted by Crippen LogP contribution is -2.41. The summed E-state index contributed by atoms with van der Waals surface area (Å²) in [7, 11) is -3.14. The van der Waals surface area contributed by atoms with Crippen molar-refractivity contribution in [2.75, 3.05) is 5.75 Å². The Bertz CT molecular complexity index is 638. The van der Waals surface area contributed by atoms with E-state index >= 15 is 0 Å². The number of aromatic nitrogens is 1. The smallest absolute Gasteiger partial charge is 0.215 e. The minimum atomic E-state index is -3.14. The molecule has 0 amide bonds. The van der Waals surface area contributed by atoms with Crippen molar-refractivity contribution in [1.82, 2.24) is 9.29 Å². The molecule has 110 valence electrons. The topological polar surface area (TPSA) is 50.3 Å². The number of fused-ring (bicyclic) bond motifs is 1. The average molecular weight is 312 g/mol. The van der Waals surface area contributed by atoms with Gasteiger partial charge in [-0.2, -0.15) is 4.31 Å². The summed E-state index contributed by atoms with van der Waals surface area (Å²) in [5, 5.41) is 2.82. The fourth-order valence-corrected chi connectivity index (χ4v) is 8.26. The van der Waals surface area contributed by atoms with Crippen molar-refractivity contribution in [3.63, 3.8) is 0 Å². The van der Waals surface area contributed by atoms with E-state index in [1.54, 1.807) is 21.8 Å². The molecule has 2 saturated carbocycles. The summed E-state index contributed by atoms with van der Waals surface area (Å²) in [4.78, 5) is 4.27. The summed E-state index contributed by atoms with van der Waals surface area (Å²) >= 11 is 1.55. The first-order valence-electron chi connectivity index (χ1n) is 7.25. The monoisotopic (exact) mass is 312 g/mol. The lowest BCUT2D eigenvalue weighted by atomic mass is 9.69. The number of thiazole rings is 1. The van der Waals surface area contributed by atoms with Gasteiger partial charge in [0.15, 0.2) is 0 Å². The Morgan fingerprint density at radius 1 is 1.50 bits per heavy atom. The van der Waals surface area contributed by atoms with E-state index in [0.717, 1.165) is 17.8 Å². The van der Waals surface area contributed by atoms with Gasteiger partial charge in [-0.3, -0.25) is 0 Å². The van der Waals surface area contributed by atoms with Crippen LogP contribution in [0.15, 0.2) is 11.6 Å². The highest BCUT2D eigenvalue weighted by Gasteiger charge is 2.71. The summed E-state index contributed by atoms with van der Waals surface area (Å²) in [6.07, 6.45) is 5.06. The molecular weight excluding hydrogens is 292 g/mol. The lowest BCUT2D eigenvalue weighted by molar-refractivity contribution is 0.112. The van der Waals surface area contributed by atoms with Crippen LogP contribution in [0.5, 0.6) is 0 Å². The Morgan fingerprint density at radius 3 is 2.95 bits per heavy atom. The van der Waals surface area contributed by atoms with Crippen LogP contribution in [0, 0.1) is 16.7 Å². The molecule has 2 heterocycles. The zero-order chi connectivity index (χ0) is 14.2. The molecule has 4 nitrogen and oxygen atoms in total. The fraction of sp³-hybridized carbons (Fsp3) is 0.786. The van der Waals surface area contributed by atoms with E-state index in [0.29, 0.717) is 18.2 Å². The van der Waals surface area contributed by atoms with E-state index in [9.17, 15) is 8.42 Å². The normalized spacial score (nSPS) is 41.1. The molecule has 2 bridgehead atoms. The van der Waals surface area contributed by atoms with Gasteiger partial charge in [-0.25, -0.2) is 13.4 Å². The van der Waals surface area contributed by atoms with Gasteiger partial charge in [0.25, 0.3) is 0 Å². The third kappa shape index (κ3) is 1.45. The minimum absolute atomic E-state index is 0.0201. The molecule has 1 aromatic heterocycles. The Kier molecular flexibility index (Phi) is 2.54. The van der Waals surface area contributed by atoms with Crippen LogP contribution in [0.1, 0.15) is 38.1 Å². The molecule has 3 atom stereocenters. The van der Waals surface area contributed by atoms with Crippen molar-refractivity contribution in [1.29, 1.82) is 0 Å². The summed E-state index contributed by atoms with van der Waals surface area (Å²) in [5.41, 5.74) is 0.135. The summed E-state index contributed by atoms with van der Waals surface area (Å²) in [6.45, 7) is 5.04. The second-order valence-electron chi connectivity index (χ2n) is 7.09. The molecule has 4 rings (SSSR count). The van der Waals surface area contributed by atoms with Gasteiger partial charge in [-0.1, -0.05) is 13.8 Å². The number of hydrogen-bond acceptors (Lipinski definition) is 4. The third-order valence-corrected chi connectivity index (χ3v) is 9.05. The quantitative estimate of drug-likeness (QED) is 0.843. The van der Waals surface area contributed by atoms with Crippen molar-refractivity contribution in [3.05, 3.63) is 16.6 Å². The van der Waals surface area contributed by atoms with Crippen molar-refractivity contribution in [3.8, 4) is 0 Å². The van der Waals surface area contributed by atoms with E-state index in [2.05, 4.69) is 18.8 Å². The van der Waals surface area contributed by atoms with E-state index in [-0.39, 0.29) is 16.9 Å². The van der Waals surface area contributed by atoms with Crippen LogP contribution in [0.2, 0.25) is 0 Å². The fourth-order valence-electron chi connectivity index (χ4n) is 5.05. The molecule has 0 aromatic carbocycles. The second-order valence-corrected chi connectivity index (χ2v) is 9.99. The van der Waals surface area contributed by atoms with Crippen LogP contribution >= 0.6 is 11.3 Å². The molecule has 1 aromatic rings. The van der Waals surface area contributed by atoms with Gasteiger partial charge in [0.05, 0.1) is 12.3 Å². The van der Waals surface area contributed by atoms with Crippen LogP contribution in [0.25, 0.3) is 0 Å². The molecule has 1 saturated heterocycles. The zero-order valence-electron chi connectivity index (χ0n) is 11.9. The number of rotatable bonds is 2. The van der Waals surface area contributed by atoms with Crippen LogP contribution in [0.3, 0.4) is 0 Å². The highest BCUT2D eigenvalue weighted by molar-refractivity contribution is 7.89. The number of nitrogens with zero attached hydrogens (tertiary/aromatic N) is 2. The summed E-state index contributed by atoms with van der Waals surface area (Å²) < 4.78 is 27.1. The van der Waals surface area contributed by atoms with Gasteiger partial charge >= 0.3 is 0 Å². The van der Waals surface area contributed by atoms with Gasteiger partial charge in [0.1, 0.15) is 5.01 Å². The van der Waals surface area contributed by atoms with Gasteiger partial charge in [0, 0.05) is 23.0 Å². The van der Waals surface area contributed by atoms with Gasteiger partial charge < -0.3 is 0 Å². The standard InChI is InChI=1S/C14H20N2O2S2/c1-13(2)10-3-4-14(13)9-20(17,18)16(11(14)7-10)8-12-15-5-6-19-12/h5-6,10-11H,3-4,7-9H2,1-2H3/t10-,11+,14+/m1/s1. The lowest BCUT2D eigenvalue weighted by Gasteiger charge is -2.37. The maximum Gasteiger partial charge on any atom is 0.215 e. The third-order valence-electron chi connectivity index (χ3n) is 6.31. The Hall–Kier alpha value is -0.460. The van der Waals surface area contributed by atoms with Crippen LogP contribution in [0.4, 0.5) is 0 Å². The Labute approximate surface area is 124 Å². The maximum absolute atomic E-state index is 12.7. The van der Waals surface area contributed by atoms with E-state index < -0.39 is 10.0 Å². The molecule has 3 aliphatic rings. The predicted molar refractivity (Wildman–Crippen MR) is 78.8 cm³/mol. The predicted octanol–water partition coefficient (Wildman–Crippen LogP) is 2.48. The van der Waals surface area contributed by atoms with Gasteiger partial charge in [0.2, 0.25) is 10.0 Å². The molecule has 1 aliphatic heterocycles. The van der Waals surface area contributed by atoms with Crippen molar-refractivity contribution in [2.24, 2.45) is 16.7 Å². The molecule has 0 unspecified atom stereocenters. The Balaban J connectivity index is 1.75. The molecule has 20 heavy (non-hydrogen) atoms. The highest BCUT2D eigenvalue weighted by atomic mass is 32.2. The second kappa shape index (κ2) is 3.84. The molecule has 0 radical (unpaired) electrons.